The lowest BCUT2D eigenvalue weighted by atomic mass is 9.88. The molecule has 162 valence electrons. The molecule has 31 heavy (non-hydrogen) atoms. The van der Waals surface area contributed by atoms with E-state index in [0.717, 1.165) is 22.3 Å². The molecule has 0 heterocycles. The van der Waals surface area contributed by atoms with Gasteiger partial charge in [-0.2, -0.15) is 0 Å². The highest BCUT2D eigenvalue weighted by atomic mass is 35.5. The van der Waals surface area contributed by atoms with Crippen LogP contribution in [0.25, 0.3) is 0 Å². The van der Waals surface area contributed by atoms with E-state index < -0.39 is 0 Å². The Labute approximate surface area is 187 Å². The molecule has 0 radical (unpaired) electrons. The predicted octanol–water partition coefficient (Wildman–Crippen LogP) is 6.68. The molecule has 1 atom stereocenters. The number of benzene rings is 3. The van der Waals surface area contributed by atoms with Crippen LogP contribution in [-0.4, -0.2) is 5.97 Å². The summed E-state index contributed by atoms with van der Waals surface area (Å²) in [5.74, 6) is -0.767. The molecule has 0 N–H and O–H groups in total. The van der Waals surface area contributed by atoms with Gasteiger partial charge in [0.15, 0.2) is 0 Å². The number of hydrogen-bond donors (Lipinski definition) is 0. The van der Waals surface area contributed by atoms with Gasteiger partial charge < -0.3 is 9.47 Å². The number of rotatable bonds is 9. The summed E-state index contributed by atoms with van der Waals surface area (Å²) in [5.41, 5.74) is 3.68. The van der Waals surface area contributed by atoms with Crippen LogP contribution in [0.2, 0.25) is 5.02 Å². The van der Waals surface area contributed by atoms with Gasteiger partial charge in [-0.05, 0) is 52.4 Å². The summed E-state index contributed by atoms with van der Waals surface area (Å²) in [7, 11) is 0. The molecule has 0 aliphatic carbocycles. The van der Waals surface area contributed by atoms with Gasteiger partial charge in [0.05, 0.1) is 19.1 Å². The summed E-state index contributed by atoms with van der Waals surface area (Å²) in [5, 5.41) is 0.637. The summed E-state index contributed by atoms with van der Waals surface area (Å²) in [6.45, 7) is 5.01. The molecule has 0 amide bonds. The maximum absolute atomic E-state index is 13.0. The van der Waals surface area contributed by atoms with E-state index in [2.05, 4.69) is 0 Å². The maximum atomic E-state index is 13.0. The average Bonchev–Trinajstić information content (AvgIpc) is 2.75. The lowest BCUT2D eigenvalue weighted by molar-refractivity contribution is -0.148. The minimum Gasteiger partial charge on any atom is -0.460 e. The normalized spacial score (nSPS) is 12.0. The first-order valence-electron chi connectivity index (χ1n) is 10.2. The van der Waals surface area contributed by atoms with Crippen LogP contribution in [0.3, 0.4) is 0 Å². The van der Waals surface area contributed by atoms with Crippen molar-refractivity contribution in [1.29, 1.82) is 0 Å². The highest BCUT2D eigenvalue weighted by Crippen LogP contribution is 2.27. The molecule has 0 bridgehead atoms. The van der Waals surface area contributed by atoms with Crippen LogP contribution in [0.1, 0.15) is 42.0 Å². The smallest absolute Gasteiger partial charge is 0.314 e. The molecule has 0 spiro atoms. The molecule has 0 saturated heterocycles. The molecule has 3 rings (SSSR count). The third kappa shape index (κ3) is 6.91. The molecule has 0 fully saturated rings. The second-order valence-corrected chi connectivity index (χ2v) is 8.26. The zero-order valence-electron chi connectivity index (χ0n) is 17.7. The molecular weight excluding hydrogens is 415 g/mol. The summed E-state index contributed by atoms with van der Waals surface area (Å²) in [6, 6.07) is 21.3. The Bertz CT molecular complexity index is 984. The first kappa shape index (κ1) is 23.0. The third-order valence-corrected chi connectivity index (χ3v) is 5.22. The molecule has 3 aromatic carbocycles. The molecule has 1 unspecified atom stereocenters. The zero-order valence-corrected chi connectivity index (χ0v) is 18.4. The summed E-state index contributed by atoms with van der Waals surface area (Å²) in [6.07, 6.45) is 0. The van der Waals surface area contributed by atoms with Gasteiger partial charge in [0.2, 0.25) is 0 Å². The van der Waals surface area contributed by atoms with Crippen molar-refractivity contribution in [2.24, 2.45) is 5.92 Å². The molecule has 0 saturated carbocycles. The lowest BCUT2D eigenvalue weighted by Crippen LogP contribution is -2.20. The monoisotopic (exact) mass is 440 g/mol. The van der Waals surface area contributed by atoms with Crippen molar-refractivity contribution in [3.05, 3.63) is 106 Å². The van der Waals surface area contributed by atoms with Gasteiger partial charge in [-0.1, -0.05) is 74.0 Å². The quantitative estimate of drug-likeness (QED) is 0.348. The van der Waals surface area contributed by atoms with E-state index >= 15 is 0 Å². The fourth-order valence-corrected chi connectivity index (χ4v) is 3.51. The van der Waals surface area contributed by atoms with Crippen LogP contribution in [0.4, 0.5) is 4.39 Å². The highest BCUT2D eigenvalue weighted by Gasteiger charge is 2.25. The Balaban J connectivity index is 1.55. The Hall–Kier alpha value is -2.69. The van der Waals surface area contributed by atoms with Gasteiger partial charge in [-0.15, -0.1) is 0 Å². The van der Waals surface area contributed by atoms with Crippen molar-refractivity contribution in [1.82, 2.24) is 0 Å². The van der Waals surface area contributed by atoms with E-state index in [1.54, 1.807) is 24.3 Å². The Morgan fingerprint density at radius 2 is 1.48 bits per heavy atom. The van der Waals surface area contributed by atoms with E-state index in [9.17, 15) is 9.18 Å². The predicted molar refractivity (Wildman–Crippen MR) is 120 cm³/mol. The lowest BCUT2D eigenvalue weighted by Gasteiger charge is -2.20. The first-order chi connectivity index (χ1) is 14.9. The third-order valence-electron chi connectivity index (χ3n) is 4.97. The number of esters is 1. The van der Waals surface area contributed by atoms with Gasteiger partial charge in [0, 0.05) is 5.02 Å². The maximum Gasteiger partial charge on any atom is 0.314 e. The summed E-state index contributed by atoms with van der Waals surface area (Å²) < 4.78 is 24.3. The summed E-state index contributed by atoms with van der Waals surface area (Å²) >= 11 is 5.97. The largest absolute Gasteiger partial charge is 0.460 e. The standard InChI is InChI=1S/C26H26ClFO3/c1-18(2)25(22-8-10-23(27)11-9-22)26(29)31-17-21-5-3-4-20(14-21)16-30-15-19-6-12-24(28)13-7-19/h3-14,18,25H,15-17H2,1-2H3. The SMILES string of the molecule is CC(C)C(C(=O)OCc1cccc(COCc2ccc(F)cc2)c1)c1ccc(Cl)cc1. The Kier molecular flexibility index (Phi) is 8.21. The number of carbonyl (C=O) groups is 1. The molecule has 0 aliphatic heterocycles. The fourth-order valence-electron chi connectivity index (χ4n) is 3.38. The molecule has 0 aromatic heterocycles. The Morgan fingerprint density at radius 1 is 0.871 bits per heavy atom. The molecular formula is C26H26ClFO3. The van der Waals surface area contributed by atoms with Gasteiger partial charge >= 0.3 is 5.97 Å². The van der Waals surface area contributed by atoms with Crippen molar-refractivity contribution < 1.29 is 18.7 Å². The van der Waals surface area contributed by atoms with Gasteiger partial charge in [-0.3, -0.25) is 4.79 Å². The van der Waals surface area contributed by atoms with Crippen LogP contribution >= 0.6 is 11.6 Å². The number of halogens is 2. The topological polar surface area (TPSA) is 35.5 Å². The van der Waals surface area contributed by atoms with Crippen molar-refractivity contribution in [2.75, 3.05) is 0 Å². The number of hydrogen-bond acceptors (Lipinski definition) is 3. The van der Waals surface area contributed by atoms with Crippen molar-refractivity contribution in [3.8, 4) is 0 Å². The van der Waals surface area contributed by atoms with Crippen LogP contribution in [-0.2, 0) is 34.1 Å². The fraction of sp³-hybridized carbons (Fsp3) is 0.269. The van der Waals surface area contributed by atoms with E-state index in [4.69, 9.17) is 21.1 Å². The molecule has 0 aliphatic rings. The first-order valence-corrected chi connectivity index (χ1v) is 10.6. The van der Waals surface area contributed by atoms with Crippen molar-refractivity contribution in [2.45, 2.75) is 39.6 Å². The van der Waals surface area contributed by atoms with Crippen LogP contribution < -0.4 is 0 Å². The van der Waals surface area contributed by atoms with E-state index in [0.29, 0.717) is 18.2 Å². The zero-order chi connectivity index (χ0) is 22.2. The van der Waals surface area contributed by atoms with Crippen molar-refractivity contribution in [3.63, 3.8) is 0 Å². The minimum absolute atomic E-state index is 0.0971. The second-order valence-electron chi connectivity index (χ2n) is 7.82. The number of ether oxygens (including phenoxy) is 2. The summed E-state index contributed by atoms with van der Waals surface area (Å²) in [4.78, 5) is 12.8. The van der Waals surface area contributed by atoms with Crippen molar-refractivity contribution >= 4 is 17.6 Å². The molecule has 3 aromatic rings. The van der Waals surface area contributed by atoms with Gasteiger partial charge in [0.25, 0.3) is 0 Å². The van der Waals surface area contributed by atoms with Crippen LogP contribution in [0.15, 0.2) is 72.8 Å². The van der Waals surface area contributed by atoms with E-state index in [1.807, 2.05) is 50.2 Å². The van der Waals surface area contributed by atoms with Gasteiger partial charge in [-0.25, -0.2) is 4.39 Å². The van der Waals surface area contributed by atoms with Crippen LogP contribution in [0.5, 0.6) is 0 Å². The average molecular weight is 441 g/mol. The van der Waals surface area contributed by atoms with E-state index in [-0.39, 0.29) is 30.2 Å². The molecule has 5 heteroatoms. The van der Waals surface area contributed by atoms with Gasteiger partial charge in [0.1, 0.15) is 12.4 Å². The highest BCUT2D eigenvalue weighted by molar-refractivity contribution is 6.30. The van der Waals surface area contributed by atoms with Crippen LogP contribution in [0, 0.1) is 11.7 Å². The Morgan fingerprint density at radius 3 is 2.13 bits per heavy atom. The van der Waals surface area contributed by atoms with E-state index in [1.165, 1.54) is 12.1 Å². The minimum atomic E-state index is -0.348. The molecule has 3 nitrogen and oxygen atoms in total. The number of carbonyl (C=O) groups excluding carboxylic acids is 1. The second kappa shape index (κ2) is 11.1.